The topological polar surface area (TPSA) is 52.6 Å². The third-order valence-electron chi connectivity index (χ3n) is 4.49. The summed E-state index contributed by atoms with van der Waals surface area (Å²) >= 11 is 0. The second-order valence-electron chi connectivity index (χ2n) is 6.98. The van der Waals surface area contributed by atoms with Crippen LogP contribution in [0.15, 0.2) is 12.2 Å². The Kier molecular flexibility index (Phi) is 7.86. The van der Waals surface area contributed by atoms with Crippen LogP contribution in [0.3, 0.4) is 0 Å². The van der Waals surface area contributed by atoms with E-state index in [4.69, 9.17) is 0 Å². The molecule has 1 aliphatic carbocycles. The average Bonchev–Trinajstić information content (AvgIpc) is 3.10. The standard InChI is InChI=1S/C17H19F9O4/c1-9(2)12(27)29-8-11(30-13(28)10-5-3-4-6-10)7-14(18,19)15(20,16(21,22)23)17(24,25)26/h10-11H,1,3-8H2,2H3. The Balaban J connectivity index is 3.15. The van der Waals surface area contributed by atoms with E-state index in [1.807, 2.05) is 0 Å². The molecule has 0 heterocycles. The van der Waals surface area contributed by atoms with Crippen LogP contribution >= 0.6 is 0 Å². The molecular weight excluding hydrogens is 439 g/mol. The predicted octanol–water partition coefficient (Wildman–Crippen LogP) is 5.07. The van der Waals surface area contributed by atoms with E-state index in [2.05, 4.69) is 16.1 Å². The van der Waals surface area contributed by atoms with Gasteiger partial charge in [0, 0.05) is 5.57 Å². The van der Waals surface area contributed by atoms with Crippen LogP contribution in [-0.4, -0.2) is 48.6 Å². The molecule has 0 aromatic heterocycles. The van der Waals surface area contributed by atoms with Crippen LogP contribution < -0.4 is 0 Å². The van der Waals surface area contributed by atoms with E-state index in [1.165, 1.54) is 0 Å². The zero-order valence-electron chi connectivity index (χ0n) is 15.6. The van der Waals surface area contributed by atoms with Gasteiger partial charge in [0.2, 0.25) is 0 Å². The lowest BCUT2D eigenvalue weighted by Gasteiger charge is -2.37. The highest BCUT2D eigenvalue weighted by Crippen LogP contribution is 2.56. The van der Waals surface area contributed by atoms with Crippen LogP contribution in [0.25, 0.3) is 0 Å². The van der Waals surface area contributed by atoms with Gasteiger partial charge in [0.05, 0.1) is 12.3 Å². The number of rotatable bonds is 8. The zero-order valence-corrected chi connectivity index (χ0v) is 15.6. The average molecular weight is 458 g/mol. The van der Waals surface area contributed by atoms with Crippen LogP contribution in [0, 0.1) is 5.92 Å². The highest BCUT2D eigenvalue weighted by molar-refractivity contribution is 5.86. The molecule has 30 heavy (non-hydrogen) atoms. The molecule has 1 saturated carbocycles. The summed E-state index contributed by atoms with van der Waals surface area (Å²) in [7, 11) is 0. The van der Waals surface area contributed by atoms with E-state index in [0.29, 0.717) is 12.8 Å². The quantitative estimate of drug-likeness (QED) is 0.290. The van der Waals surface area contributed by atoms with Crippen molar-refractivity contribution >= 4 is 11.9 Å². The summed E-state index contributed by atoms with van der Waals surface area (Å²) in [5.41, 5.74) is -7.18. The second-order valence-corrected chi connectivity index (χ2v) is 6.98. The summed E-state index contributed by atoms with van der Waals surface area (Å²) in [4.78, 5) is 23.4. The van der Waals surface area contributed by atoms with E-state index >= 15 is 0 Å². The predicted molar refractivity (Wildman–Crippen MR) is 83.1 cm³/mol. The molecule has 0 bridgehead atoms. The molecule has 0 aromatic carbocycles. The van der Waals surface area contributed by atoms with Gasteiger partial charge in [0.1, 0.15) is 12.7 Å². The van der Waals surface area contributed by atoms with Gasteiger partial charge < -0.3 is 9.47 Å². The Morgan fingerprint density at radius 3 is 1.83 bits per heavy atom. The maximum atomic E-state index is 14.1. The van der Waals surface area contributed by atoms with Crippen LogP contribution in [0.5, 0.6) is 0 Å². The van der Waals surface area contributed by atoms with Crippen LogP contribution in [0.1, 0.15) is 39.0 Å². The third-order valence-corrected chi connectivity index (χ3v) is 4.49. The second kappa shape index (κ2) is 9.04. The van der Waals surface area contributed by atoms with E-state index in [9.17, 15) is 49.1 Å². The van der Waals surface area contributed by atoms with Crippen molar-refractivity contribution in [1.29, 1.82) is 0 Å². The lowest BCUT2D eigenvalue weighted by molar-refractivity contribution is -0.399. The summed E-state index contributed by atoms with van der Waals surface area (Å²) in [6, 6.07) is 0. The van der Waals surface area contributed by atoms with Crippen LogP contribution in [0.2, 0.25) is 0 Å². The minimum absolute atomic E-state index is 0.269. The summed E-state index contributed by atoms with van der Waals surface area (Å²) in [6.45, 7) is 2.95. The lowest BCUT2D eigenvalue weighted by atomic mass is 9.91. The van der Waals surface area contributed by atoms with Gasteiger partial charge in [0.15, 0.2) is 0 Å². The van der Waals surface area contributed by atoms with Crippen LogP contribution in [-0.2, 0) is 19.1 Å². The van der Waals surface area contributed by atoms with Gasteiger partial charge >= 0.3 is 35.9 Å². The molecule has 174 valence electrons. The first kappa shape index (κ1) is 26.1. The SMILES string of the molecule is C=C(C)C(=O)OCC(CC(F)(F)C(F)(C(F)(F)F)C(F)(F)F)OC(=O)C1CCCC1. The minimum atomic E-state index is -7.02. The van der Waals surface area contributed by atoms with Crippen molar-refractivity contribution in [3.8, 4) is 0 Å². The fourth-order valence-electron chi connectivity index (χ4n) is 2.85. The molecule has 1 unspecified atom stereocenters. The van der Waals surface area contributed by atoms with E-state index in [1.54, 1.807) is 0 Å². The van der Waals surface area contributed by atoms with Gasteiger partial charge in [-0.3, -0.25) is 4.79 Å². The van der Waals surface area contributed by atoms with Gasteiger partial charge in [-0.25, -0.2) is 18.0 Å². The normalized spacial score (nSPS) is 17.5. The van der Waals surface area contributed by atoms with Crippen molar-refractivity contribution in [3.63, 3.8) is 0 Å². The lowest BCUT2D eigenvalue weighted by Crippen LogP contribution is -2.65. The van der Waals surface area contributed by atoms with E-state index in [0.717, 1.165) is 6.92 Å². The first-order valence-electron chi connectivity index (χ1n) is 8.67. The van der Waals surface area contributed by atoms with Crippen molar-refractivity contribution in [2.75, 3.05) is 6.61 Å². The van der Waals surface area contributed by atoms with Crippen molar-refractivity contribution in [1.82, 2.24) is 0 Å². The molecule has 1 aliphatic rings. The monoisotopic (exact) mass is 458 g/mol. The Morgan fingerprint density at radius 2 is 1.43 bits per heavy atom. The number of carbonyl (C=O) groups excluding carboxylic acids is 2. The summed E-state index contributed by atoms with van der Waals surface area (Å²) < 4.78 is 127. The maximum absolute atomic E-state index is 14.1. The molecular formula is C17H19F9O4. The molecule has 0 saturated heterocycles. The van der Waals surface area contributed by atoms with Crippen LogP contribution in [0.4, 0.5) is 39.5 Å². The number of carbonyl (C=O) groups is 2. The first-order valence-corrected chi connectivity index (χ1v) is 8.67. The van der Waals surface area contributed by atoms with Gasteiger partial charge in [-0.2, -0.15) is 26.3 Å². The Bertz CT molecular complexity index is 635. The minimum Gasteiger partial charge on any atom is -0.458 e. The first-order chi connectivity index (χ1) is 13.4. The summed E-state index contributed by atoms with van der Waals surface area (Å²) in [6.07, 6.45) is -17.4. The van der Waals surface area contributed by atoms with Crippen molar-refractivity contribution in [3.05, 3.63) is 12.2 Å². The number of alkyl halides is 9. The van der Waals surface area contributed by atoms with Crippen molar-refractivity contribution < 1.29 is 58.6 Å². The largest absolute Gasteiger partial charge is 0.458 e. The van der Waals surface area contributed by atoms with Gasteiger partial charge in [-0.1, -0.05) is 19.4 Å². The smallest absolute Gasteiger partial charge is 0.437 e. The number of esters is 2. The van der Waals surface area contributed by atoms with Gasteiger partial charge in [-0.05, 0) is 19.8 Å². The number of hydrogen-bond acceptors (Lipinski definition) is 4. The molecule has 0 spiro atoms. The molecule has 1 atom stereocenters. The maximum Gasteiger partial charge on any atom is 0.437 e. The van der Waals surface area contributed by atoms with E-state index < -0.39 is 60.9 Å². The third kappa shape index (κ3) is 5.60. The fraction of sp³-hybridized carbons (Fsp3) is 0.765. The Labute approximate surface area is 165 Å². The van der Waals surface area contributed by atoms with Crippen molar-refractivity contribution in [2.45, 2.75) is 69.1 Å². The number of ether oxygens (including phenoxy) is 2. The molecule has 13 heteroatoms. The highest BCUT2D eigenvalue weighted by Gasteiger charge is 2.84. The molecule has 0 aliphatic heterocycles. The molecule has 4 nitrogen and oxygen atoms in total. The molecule has 0 radical (unpaired) electrons. The fourth-order valence-corrected chi connectivity index (χ4v) is 2.85. The molecule has 0 aromatic rings. The Hall–Kier alpha value is -1.95. The highest BCUT2D eigenvalue weighted by atomic mass is 19.4. The van der Waals surface area contributed by atoms with Gasteiger partial charge in [0.25, 0.3) is 0 Å². The Morgan fingerprint density at radius 1 is 0.967 bits per heavy atom. The molecule has 1 rings (SSSR count). The van der Waals surface area contributed by atoms with Crippen molar-refractivity contribution in [2.24, 2.45) is 5.92 Å². The van der Waals surface area contributed by atoms with E-state index in [-0.39, 0.29) is 18.4 Å². The number of hydrogen-bond donors (Lipinski definition) is 0. The summed E-state index contributed by atoms with van der Waals surface area (Å²) in [5.74, 6) is -9.29. The molecule has 1 fully saturated rings. The summed E-state index contributed by atoms with van der Waals surface area (Å²) in [5, 5.41) is 0. The number of halogens is 9. The molecule has 0 N–H and O–H groups in total. The zero-order chi connectivity index (χ0) is 23.5. The molecule has 0 amide bonds. The van der Waals surface area contributed by atoms with Gasteiger partial charge in [-0.15, -0.1) is 0 Å².